The predicted octanol–water partition coefficient (Wildman–Crippen LogP) is 6.30. The minimum Gasteiger partial charge on any atom is -0.361 e. The Kier molecular flexibility index (Phi) is 4.28. The number of H-pyrrole nitrogens is 2. The lowest BCUT2D eigenvalue weighted by atomic mass is 9.90. The van der Waals surface area contributed by atoms with Crippen LogP contribution in [0.15, 0.2) is 42.6 Å². The summed E-state index contributed by atoms with van der Waals surface area (Å²) in [6.07, 6.45) is 3.12. The molecule has 4 aromatic rings. The summed E-state index contributed by atoms with van der Waals surface area (Å²) in [5.41, 5.74) is 8.08. The average molecular weight is 355 g/mol. The van der Waals surface area contributed by atoms with E-state index in [4.69, 9.17) is 0 Å². The van der Waals surface area contributed by atoms with Crippen LogP contribution in [-0.4, -0.2) is 9.97 Å². The van der Waals surface area contributed by atoms with Crippen LogP contribution in [0.25, 0.3) is 21.8 Å². The van der Waals surface area contributed by atoms with Crippen molar-refractivity contribution in [3.8, 4) is 6.07 Å². The van der Waals surface area contributed by atoms with Gasteiger partial charge in [-0.05, 0) is 53.5 Å². The van der Waals surface area contributed by atoms with Gasteiger partial charge in [-0.1, -0.05) is 51.1 Å². The van der Waals surface area contributed by atoms with Crippen LogP contribution in [0.1, 0.15) is 60.6 Å². The highest BCUT2D eigenvalue weighted by Crippen LogP contribution is 2.34. The molecule has 0 saturated carbocycles. The Hall–Kier alpha value is -2.99. The van der Waals surface area contributed by atoms with Crippen molar-refractivity contribution >= 4 is 21.8 Å². The quantitative estimate of drug-likeness (QED) is 0.443. The number of nitrogens with one attached hydrogen (secondary N) is 2. The number of fused-ring (bicyclic) bond motifs is 2. The van der Waals surface area contributed by atoms with Crippen LogP contribution in [0.3, 0.4) is 0 Å². The molecule has 0 saturated heterocycles. The van der Waals surface area contributed by atoms with Crippen molar-refractivity contribution in [1.82, 2.24) is 9.97 Å². The zero-order valence-corrected chi connectivity index (χ0v) is 16.4. The number of aromatic nitrogens is 2. The standard InChI is InChI=1S/C24H25N3/c1-14(2)23-19-10-9-17(16(4)24(19)27-22(23)12-25)11-15(3)20-13-26-21-8-6-5-7-18(20)21/h5-10,13-15,26-27H,11H2,1-4H3. The van der Waals surface area contributed by atoms with Crippen molar-refractivity contribution < 1.29 is 0 Å². The molecule has 2 aromatic heterocycles. The van der Waals surface area contributed by atoms with Gasteiger partial charge in [0, 0.05) is 28.0 Å². The highest BCUT2D eigenvalue weighted by Gasteiger charge is 2.18. The number of hydrogen-bond acceptors (Lipinski definition) is 1. The van der Waals surface area contributed by atoms with Gasteiger partial charge in [-0.2, -0.15) is 5.26 Å². The van der Waals surface area contributed by atoms with E-state index in [9.17, 15) is 5.26 Å². The first-order valence-corrected chi connectivity index (χ1v) is 9.61. The first kappa shape index (κ1) is 17.4. The van der Waals surface area contributed by atoms with Crippen molar-refractivity contribution in [2.75, 3.05) is 0 Å². The molecule has 27 heavy (non-hydrogen) atoms. The molecule has 2 aromatic carbocycles. The van der Waals surface area contributed by atoms with Crippen LogP contribution >= 0.6 is 0 Å². The molecule has 0 aliphatic heterocycles. The SMILES string of the molecule is Cc1c(CC(C)c2c[nH]c3ccccc23)ccc2c(C(C)C)c(C#N)[nH]c12. The summed E-state index contributed by atoms with van der Waals surface area (Å²) in [7, 11) is 0. The molecule has 0 spiro atoms. The van der Waals surface area contributed by atoms with Gasteiger partial charge in [0.15, 0.2) is 0 Å². The summed E-state index contributed by atoms with van der Waals surface area (Å²) in [6.45, 7) is 8.74. The van der Waals surface area contributed by atoms with Gasteiger partial charge >= 0.3 is 0 Å². The van der Waals surface area contributed by atoms with E-state index < -0.39 is 0 Å². The molecule has 1 unspecified atom stereocenters. The van der Waals surface area contributed by atoms with Crippen LogP contribution in [0.4, 0.5) is 0 Å². The molecule has 0 radical (unpaired) electrons. The van der Waals surface area contributed by atoms with Gasteiger partial charge in [0.2, 0.25) is 0 Å². The van der Waals surface area contributed by atoms with Gasteiger partial charge < -0.3 is 9.97 Å². The molecule has 3 heteroatoms. The number of rotatable bonds is 4. The van der Waals surface area contributed by atoms with Crippen molar-refractivity contribution in [2.24, 2.45) is 0 Å². The Balaban J connectivity index is 1.74. The molecule has 0 amide bonds. The lowest BCUT2D eigenvalue weighted by Crippen LogP contribution is -2.00. The minimum absolute atomic E-state index is 0.323. The molecule has 2 N–H and O–H groups in total. The van der Waals surface area contributed by atoms with Gasteiger partial charge in [-0.25, -0.2) is 0 Å². The summed E-state index contributed by atoms with van der Waals surface area (Å²) in [4.78, 5) is 6.76. The summed E-state index contributed by atoms with van der Waals surface area (Å²) < 4.78 is 0. The Morgan fingerprint density at radius 3 is 2.56 bits per heavy atom. The van der Waals surface area contributed by atoms with E-state index in [1.54, 1.807) is 0 Å². The van der Waals surface area contributed by atoms with Crippen LogP contribution in [0.2, 0.25) is 0 Å². The van der Waals surface area contributed by atoms with Gasteiger partial charge in [0.1, 0.15) is 11.8 Å². The number of hydrogen-bond donors (Lipinski definition) is 2. The zero-order chi connectivity index (χ0) is 19.1. The third-order valence-corrected chi connectivity index (χ3v) is 5.75. The second-order valence-electron chi connectivity index (χ2n) is 7.85. The van der Waals surface area contributed by atoms with Crippen molar-refractivity contribution in [3.05, 3.63) is 70.5 Å². The molecule has 136 valence electrons. The van der Waals surface area contributed by atoms with Gasteiger partial charge in [-0.3, -0.25) is 0 Å². The second-order valence-corrected chi connectivity index (χ2v) is 7.85. The monoisotopic (exact) mass is 355 g/mol. The van der Waals surface area contributed by atoms with E-state index in [1.165, 1.54) is 33.0 Å². The maximum absolute atomic E-state index is 9.51. The zero-order valence-electron chi connectivity index (χ0n) is 16.4. The molecule has 0 aliphatic carbocycles. The highest BCUT2D eigenvalue weighted by molar-refractivity contribution is 5.89. The fourth-order valence-corrected chi connectivity index (χ4v) is 4.32. The normalized spacial score (nSPS) is 12.7. The predicted molar refractivity (Wildman–Crippen MR) is 112 cm³/mol. The smallest absolute Gasteiger partial charge is 0.122 e. The third-order valence-electron chi connectivity index (χ3n) is 5.75. The average Bonchev–Trinajstić information content (AvgIpc) is 3.25. The summed E-state index contributed by atoms with van der Waals surface area (Å²) >= 11 is 0. The number of para-hydroxylation sites is 1. The number of aryl methyl sites for hydroxylation is 1. The maximum atomic E-state index is 9.51. The number of aromatic amines is 2. The largest absolute Gasteiger partial charge is 0.361 e. The first-order valence-electron chi connectivity index (χ1n) is 9.61. The van der Waals surface area contributed by atoms with E-state index in [0.717, 1.165) is 17.5 Å². The highest BCUT2D eigenvalue weighted by atomic mass is 14.7. The van der Waals surface area contributed by atoms with E-state index in [2.05, 4.69) is 86.3 Å². The van der Waals surface area contributed by atoms with E-state index in [1.807, 2.05) is 0 Å². The number of nitriles is 1. The van der Waals surface area contributed by atoms with Gasteiger partial charge in [0.05, 0.1) is 0 Å². The molecule has 1 atom stereocenters. The molecule has 2 heterocycles. The Labute approximate surface area is 160 Å². The lowest BCUT2D eigenvalue weighted by Gasteiger charge is -2.14. The third kappa shape index (κ3) is 2.82. The van der Waals surface area contributed by atoms with Crippen LogP contribution in [-0.2, 0) is 6.42 Å². The van der Waals surface area contributed by atoms with Crippen molar-refractivity contribution in [2.45, 2.75) is 46.0 Å². The van der Waals surface area contributed by atoms with E-state index >= 15 is 0 Å². The van der Waals surface area contributed by atoms with Gasteiger partial charge in [-0.15, -0.1) is 0 Å². The fourth-order valence-electron chi connectivity index (χ4n) is 4.32. The lowest BCUT2D eigenvalue weighted by molar-refractivity contribution is 0.762. The maximum Gasteiger partial charge on any atom is 0.122 e. The van der Waals surface area contributed by atoms with Crippen molar-refractivity contribution in [3.63, 3.8) is 0 Å². The second kappa shape index (κ2) is 6.63. The molecule has 3 nitrogen and oxygen atoms in total. The van der Waals surface area contributed by atoms with Crippen molar-refractivity contribution in [1.29, 1.82) is 5.26 Å². The van der Waals surface area contributed by atoms with Crippen LogP contribution < -0.4 is 0 Å². The van der Waals surface area contributed by atoms with E-state index in [0.29, 0.717) is 17.5 Å². The molecule has 4 rings (SSSR count). The number of benzene rings is 2. The van der Waals surface area contributed by atoms with Gasteiger partial charge in [0.25, 0.3) is 0 Å². The Bertz CT molecular complexity index is 1170. The molecular weight excluding hydrogens is 330 g/mol. The minimum atomic E-state index is 0.323. The summed E-state index contributed by atoms with van der Waals surface area (Å²) in [6, 6.07) is 15.2. The topological polar surface area (TPSA) is 55.4 Å². The Morgan fingerprint density at radius 1 is 1.04 bits per heavy atom. The van der Waals surface area contributed by atoms with E-state index in [-0.39, 0.29) is 0 Å². The molecule has 0 fully saturated rings. The summed E-state index contributed by atoms with van der Waals surface area (Å²) in [5, 5.41) is 12.0. The Morgan fingerprint density at radius 2 is 1.81 bits per heavy atom. The summed E-state index contributed by atoms with van der Waals surface area (Å²) in [5.74, 6) is 0.732. The number of nitrogens with zero attached hydrogens (tertiary/aromatic N) is 1. The van der Waals surface area contributed by atoms with Crippen LogP contribution in [0, 0.1) is 18.3 Å². The molecule has 0 aliphatic rings. The molecular formula is C24H25N3. The fraction of sp³-hybridized carbons (Fsp3) is 0.292. The first-order chi connectivity index (χ1) is 13.0. The van der Waals surface area contributed by atoms with Crippen LogP contribution in [0.5, 0.6) is 0 Å². The molecule has 0 bridgehead atoms.